The van der Waals surface area contributed by atoms with E-state index < -0.39 is 0 Å². The average Bonchev–Trinajstić information content (AvgIpc) is 3.11. The lowest BCUT2D eigenvalue weighted by molar-refractivity contribution is 0.281. The van der Waals surface area contributed by atoms with Gasteiger partial charge in [-0.3, -0.25) is 4.90 Å². The maximum Gasteiger partial charge on any atom is 0.124 e. The van der Waals surface area contributed by atoms with Gasteiger partial charge in [0.2, 0.25) is 0 Å². The van der Waals surface area contributed by atoms with Gasteiger partial charge in [-0.25, -0.2) is 9.37 Å². The lowest BCUT2D eigenvalue weighted by Crippen LogP contribution is -2.21. The number of aromatic nitrogens is 2. The Hall–Kier alpha value is -3.38. The van der Waals surface area contributed by atoms with Crippen molar-refractivity contribution in [3.8, 4) is 11.5 Å². The van der Waals surface area contributed by atoms with Crippen LogP contribution in [-0.2, 0) is 19.6 Å². The molecule has 0 atom stereocenters. The highest BCUT2D eigenvalue weighted by atomic mass is 19.1. The van der Waals surface area contributed by atoms with Crippen molar-refractivity contribution in [1.82, 2.24) is 14.5 Å². The minimum atomic E-state index is -0.273. The monoisotopic (exact) mass is 419 g/mol. The highest BCUT2D eigenvalue weighted by Gasteiger charge is 2.14. The van der Waals surface area contributed by atoms with Gasteiger partial charge in [0.15, 0.2) is 0 Å². The number of hydrogen-bond acceptors (Lipinski definition) is 4. The van der Waals surface area contributed by atoms with Crippen molar-refractivity contribution < 1.29 is 13.9 Å². The van der Waals surface area contributed by atoms with Gasteiger partial charge in [-0.15, -0.1) is 0 Å². The third-order valence-electron chi connectivity index (χ3n) is 5.14. The van der Waals surface area contributed by atoms with Crippen LogP contribution in [0.3, 0.4) is 0 Å². The summed E-state index contributed by atoms with van der Waals surface area (Å²) in [7, 11) is 3.75. The van der Waals surface area contributed by atoms with Gasteiger partial charge in [0, 0.05) is 12.6 Å². The number of imidazole rings is 1. The minimum Gasteiger partial charge on any atom is -0.497 e. The molecule has 4 aromatic rings. The van der Waals surface area contributed by atoms with Crippen molar-refractivity contribution in [2.75, 3.05) is 20.8 Å². The first-order valence-electron chi connectivity index (χ1n) is 10.3. The Morgan fingerprint density at radius 1 is 0.935 bits per heavy atom. The first kappa shape index (κ1) is 20.9. The Bertz CT molecular complexity index is 1130. The lowest BCUT2D eigenvalue weighted by Gasteiger charge is -2.18. The largest absolute Gasteiger partial charge is 0.497 e. The zero-order valence-corrected chi connectivity index (χ0v) is 17.8. The van der Waals surface area contributed by atoms with Crippen LogP contribution >= 0.6 is 0 Å². The van der Waals surface area contributed by atoms with Crippen LogP contribution in [-0.4, -0.2) is 35.2 Å². The van der Waals surface area contributed by atoms with Crippen molar-refractivity contribution >= 4 is 11.0 Å². The summed E-state index contributed by atoms with van der Waals surface area (Å²) in [6, 6.07) is 22.4. The number of fused-ring (bicyclic) bond motifs is 1. The molecule has 1 aromatic heterocycles. The summed E-state index contributed by atoms with van der Waals surface area (Å²) in [5.41, 5.74) is 3.19. The number of nitrogens with zero attached hydrogens (tertiary/aromatic N) is 3. The number of methoxy groups -OCH3 is 1. The van der Waals surface area contributed by atoms with E-state index in [0.717, 1.165) is 29.2 Å². The molecule has 0 spiro atoms. The van der Waals surface area contributed by atoms with Crippen molar-refractivity contribution in [2.45, 2.75) is 19.6 Å². The Labute approximate surface area is 181 Å². The molecule has 0 saturated carbocycles. The Morgan fingerprint density at radius 2 is 1.68 bits per heavy atom. The van der Waals surface area contributed by atoms with Crippen LogP contribution < -0.4 is 9.47 Å². The third-order valence-corrected chi connectivity index (χ3v) is 5.14. The van der Waals surface area contributed by atoms with E-state index in [9.17, 15) is 4.39 Å². The minimum absolute atomic E-state index is 0.273. The van der Waals surface area contributed by atoms with Crippen molar-refractivity contribution in [3.63, 3.8) is 0 Å². The quantitative estimate of drug-likeness (QED) is 0.387. The summed E-state index contributed by atoms with van der Waals surface area (Å²) < 4.78 is 26.5. The maximum absolute atomic E-state index is 13.1. The zero-order valence-electron chi connectivity index (χ0n) is 17.8. The number of hydrogen-bond donors (Lipinski definition) is 0. The molecule has 0 saturated heterocycles. The second kappa shape index (κ2) is 9.62. The van der Waals surface area contributed by atoms with E-state index in [0.29, 0.717) is 25.4 Å². The summed E-state index contributed by atoms with van der Waals surface area (Å²) in [4.78, 5) is 7.12. The fourth-order valence-electron chi connectivity index (χ4n) is 3.63. The lowest BCUT2D eigenvalue weighted by atomic mass is 10.2. The zero-order chi connectivity index (χ0) is 21.6. The molecule has 0 N–H and O–H groups in total. The van der Waals surface area contributed by atoms with Crippen LogP contribution in [0.4, 0.5) is 4.39 Å². The van der Waals surface area contributed by atoms with Crippen LogP contribution in [0.25, 0.3) is 11.0 Å². The van der Waals surface area contributed by atoms with Gasteiger partial charge >= 0.3 is 0 Å². The molecule has 0 aliphatic carbocycles. The summed E-state index contributed by atoms with van der Waals surface area (Å²) >= 11 is 0. The Morgan fingerprint density at radius 3 is 2.42 bits per heavy atom. The molecule has 5 nitrogen and oxygen atoms in total. The first-order chi connectivity index (χ1) is 15.1. The first-order valence-corrected chi connectivity index (χ1v) is 10.3. The molecule has 0 aliphatic rings. The van der Waals surface area contributed by atoms with E-state index in [4.69, 9.17) is 14.5 Å². The summed E-state index contributed by atoms with van der Waals surface area (Å²) in [6.07, 6.45) is 0. The number of halogens is 1. The number of benzene rings is 3. The summed E-state index contributed by atoms with van der Waals surface area (Å²) in [5.74, 6) is 2.12. The fraction of sp³-hybridized carbons (Fsp3) is 0.240. The molecular weight excluding hydrogens is 393 g/mol. The normalized spacial score (nSPS) is 11.2. The third kappa shape index (κ3) is 5.22. The van der Waals surface area contributed by atoms with E-state index in [-0.39, 0.29) is 5.82 Å². The van der Waals surface area contributed by atoms with E-state index in [1.807, 2.05) is 24.3 Å². The molecule has 160 valence electrons. The molecule has 0 aliphatic heterocycles. The van der Waals surface area contributed by atoms with Crippen molar-refractivity contribution in [3.05, 3.63) is 90.0 Å². The number of ether oxygens (including phenoxy) is 2. The predicted molar refractivity (Wildman–Crippen MR) is 120 cm³/mol. The van der Waals surface area contributed by atoms with Crippen molar-refractivity contribution in [1.29, 1.82) is 0 Å². The highest BCUT2D eigenvalue weighted by Crippen LogP contribution is 2.23. The van der Waals surface area contributed by atoms with Crippen molar-refractivity contribution in [2.24, 2.45) is 0 Å². The second-order valence-corrected chi connectivity index (χ2v) is 7.49. The molecule has 0 fully saturated rings. The molecule has 1 heterocycles. The summed E-state index contributed by atoms with van der Waals surface area (Å²) in [5, 5.41) is 0. The smallest absolute Gasteiger partial charge is 0.124 e. The van der Waals surface area contributed by atoms with Gasteiger partial charge in [-0.1, -0.05) is 30.3 Å². The second-order valence-electron chi connectivity index (χ2n) is 7.49. The Balaban J connectivity index is 1.53. The van der Waals surface area contributed by atoms with Crippen LogP contribution in [0.1, 0.15) is 11.4 Å². The van der Waals surface area contributed by atoms with Crippen LogP contribution in [0.2, 0.25) is 0 Å². The van der Waals surface area contributed by atoms with Gasteiger partial charge in [0.25, 0.3) is 0 Å². The molecule has 0 radical (unpaired) electrons. The van der Waals surface area contributed by atoms with Gasteiger partial charge in [0.05, 0.1) is 31.2 Å². The van der Waals surface area contributed by atoms with Gasteiger partial charge in [-0.05, 0) is 49.0 Å². The standard InChI is InChI=1S/C25H26FN3O2/c1-28(17-19-6-4-3-5-7-19)18-25-27-23-16-22(30-2)12-13-24(23)29(25)14-15-31-21-10-8-20(26)9-11-21/h3-13,16H,14-15,17-18H2,1-2H3. The number of rotatable bonds is 9. The maximum atomic E-state index is 13.1. The summed E-state index contributed by atoms with van der Waals surface area (Å²) in [6.45, 7) is 2.62. The predicted octanol–water partition coefficient (Wildman–Crippen LogP) is 4.90. The highest BCUT2D eigenvalue weighted by molar-refractivity contribution is 5.77. The molecule has 4 rings (SSSR count). The van der Waals surface area contributed by atoms with Gasteiger partial charge in [-0.2, -0.15) is 0 Å². The molecule has 0 amide bonds. The molecule has 6 heteroatoms. The van der Waals surface area contributed by atoms with E-state index in [1.165, 1.54) is 17.7 Å². The molecular formula is C25H26FN3O2. The SMILES string of the molecule is COc1ccc2c(c1)nc(CN(C)Cc1ccccc1)n2CCOc1ccc(F)cc1. The van der Waals surface area contributed by atoms with E-state index in [1.54, 1.807) is 19.2 Å². The van der Waals surface area contributed by atoms with E-state index >= 15 is 0 Å². The van der Waals surface area contributed by atoms with Crippen LogP contribution in [0, 0.1) is 5.82 Å². The Kier molecular flexibility index (Phi) is 6.48. The van der Waals surface area contributed by atoms with E-state index in [2.05, 4.69) is 40.8 Å². The van der Waals surface area contributed by atoms with Crippen LogP contribution in [0.5, 0.6) is 11.5 Å². The molecule has 0 unspecified atom stereocenters. The van der Waals surface area contributed by atoms with Gasteiger partial charge in [0.1, 0.15) is 29.7 Å². The topological polar surface area (TPSA) is 39.5 Å². The molecule has 0 bridgehead atoms. The van der Waals surface area contributed by atoms with Crippen LogP contribution in [0.15, 0.2) is 72.8 Å². The average molecular weight is 420 g/mol. The fourth-order valence-corrected chi connectivity index (χ4v) is 3.63. The van der Waals surface area contributed by atoms with Gasteiger partial charge < -0.3 is 14.0 Å². The molecule has 3 aromatic carbocycles. The molecule has 31 heavy (non-hydrogen) atoms.